The van der Waals surface area contributed by atoms with E-state index in [4.69, 9.17) is 9.47 Å². The molecule has 1 N–H and O–H groups in total. The standard InChI is InChI=1S/C11H22N2O3/c1-10-8-13(5-4-12-10)11(14)9-16-7-3-6-15-2/h10,12H,3-9H2,1-2H3/t10-/m1/s1. The van der Waals surface area contributed by atoms with Crippen LogP contribution in [-0.2, 0) is 14.3 Å². The molecule has 94 valence electrons. The molecule has 0 radical (unpaired) electrons. The van der Waals surface area contributed by atoms with Crippen molar-refractivity contribution in [1.82, 2.24) is 10.2 Å². The maximum Gasteiger partial charge on any atom is 0.248 e. The topological polar surface area (TPSA) is 50.8 Å². The molecule has 0 bridgehead atoms. The summed E-state index contributed by atoms with van der Waals surface area (Å²) >= 11 is 0. The molecule has 5 nitrogen and oxygen atoms in total. The molecule has 1 heterocycles. The number of amides is 1. The van der Waals surface area contributed by atoms with Crippen LogP contribution in [-0.4, -0.2) is 63.4 Å². The van der Waals surface area contributed by atoms with Crippen molar-refractivity contribution >= 4 is 5.91 Å². The average molecular weight is 230 g/mol. The molecule has 0 aromatic rings. The van der Waals surface area contributed by atoms with Crippen LogP contribution in [0.2, 0.25) is 0 Å². The van der Waals surface area contributed by atoms with Gasteiger partial charge in [-0.2, -0.15) is 0 Å². The zero-order chi connectivity index (χ0) is 11.8. The van der Waals surface area contributed by atoms with Gasteiger partial charge in [-0.05, 0) is 13.3 Å². The van der Waals surface area contributed by atoms with Gasteiger partial charge in [-0.1, -0.05) is 0 Å². The van der Waals surface area contributed by atoms with Gasteiger partial charge in [0.2, 0.25) is 5.91 Å². The molecule has 1 aliphatic heterocycles. The Morgan fingerprint density at radius 3 is 3.00 bits per heavy atom. The Hall–Kier alpha value is -0.650. The fourth-order valence-corrected chi connectivity index (χ4v) is 1.71. The Bertz CT molecular complexity index is 211. The highest BCUT2D eigenvalue weighted by atomic mass is 16.5. The van der Waals surface area contributed by atoms with Crippen molar-refractivity contribution in [3.63, 3.8) is 0 Å². The van der Waals surface area contributed by atoms with Gasteiger partial charge in [-0.3, -0.25) is 4.79 Å². The first-order valence-electron chi connectivity index (χ1n) is 5.82. The molecular formula is C11H22N2O3. The number of hydrogen-bond acceptors (Lipinski definition) is 4. The summed E-state index contributed by atoms with van der Waals surface area (Å²) in [6.07, 6.45) is 0.835. The molecular weight excluding hydrogens is 208 g/mol. The van der Waals surface area contributed by atoms with Gasteiger partial charge in [0.25, 0.3) is 0 Å². The van der Waals surface area contributed by atoms with Crippen molar-refractivity contribution < 1.29 is 14.3 Å². The van der Waals surface area contributed by atoms with Crippen LogP contribution < -0.4 is 5.32 Å². The van der Waals surface area contributed by atoms with Crippen molar-refractivity contribution in [2.24, 2.45) is 0 Å². The molecule has 0 aliphatic carbocycles. The Morgan fingerprint density at radius 1 is 1.50 bits per heavy atom. The van der Waals surface area contributed by atoms with Crippen LogP contribution in [0.4, 0.5) is 0 Å². The maximum absolute atomic E-state index is 11.7. The van der Waals surface area contributed by atoms with Crippen LogP contribution in [0.5, 0.6) is 0 Å². The van der Waals surface area contributed by atoms with E-state index in [1.165, 1.54) is 0 Å². The summed E-state index contributed by atoms with van der Waals surface area (Å²) in [5.74, 6) is 0.0887. The van der Waals surface area contributed by atoms with Crippen molar-refractivity contribution in [2.45, 2.75) is 19.4 Å². The van der Waals surface area contributed by atoms with Gasteiger partial charge in [0.05, 0.1) is 0 Å². The Morgan fingerprint density at radius 2 is 2.31 bits per heavy atom. The third-order valence-electron chi connectivity index (χ3n) is 2.58. The first kappa shape index (κ1) is 13.4. The number of ether oxygens (including phenoxy) is 2. The van der Waals surface area contributed by atoms with E-state index >= 15 is 0 Å². The van der Waals surface area contributed by atoms with Gasteiger partial charge >= 0.3 is 0 Å². The van der Waals surface area contributed by atoms with E-state index in [1.807, 2.05) is 4.90 Å². The van der Waals surface area contributed by atoms with Gasteiger partial charge in [0, 0.05) is 46.0 Å². The van der Waals surface area contributed by atoms with Crippen LogP contribution in [0.3, 0.4) is 0 Å². The van der Waals surface area contributed by atoms with E-state index in [-0.39, 0.29) is 12.5 Å². The molecule has 5 heteroatoms. The van der Waals surface area contributed by atoms with Crippen molar-refractivity contribution in [2.75, 3.05) is 46.6 Å². The molecule has 1 aliphatic rings. The van der Waals surface area contributed by atoms with Crippen LogP contribution in [0.15, 0.2) is 0 Å². The number of rotatable bonds is 6. The van der Waals surface area contributed by atoms with Gasteiger partial charge in [-0.25, -0.2) is 0 Å². The number of carbonyl (C=O) groups excluding carboxylic acids is 1. The third kappa shape index (κ3) is 4.92. The van der Waals surface area contributed by atoms with Crippen molar-refractivity contribution in [1.29, 1.82) is 0 Å². The molecule has 0 aromatic carbocycles. The fraction of sp³-hybridized carbons (Fsp3) is 0.909. The molecule has 0 unspecified atom stereocenters. The highest BCUT2D eigenvalue weighted by Crippen LogP contribution is 1.99. The molecule has 1 saturated heterocycles. The molecule has 16 heavy (non-hydrogen) atoms. The lowest BCUT2D eigenvalue weighted by molar-refractivity contribution is -0.137. The summed E-state index contributed by atoms with van der Waals surface area (Å²) in [5, 5.41) is 3.30. The van der Waals surface area contributed by atoms with Gasteiger partial charge in [-0.15, -0.1) is 0 Å². The average Bonchev–Trinajstić information content (AvgIpc) is 2.28. The number of nitrogens with one attached hydrogen (secondary N) is 1. The maximum atomic E-state index is 11.7. The second kappa shape index (κ2) is 7.60. The minimum Gasteiger partial charge on any atom is -0.385 e. The van der Waals surface area contributed by atoms with E-state index in [0.29, 0.717) is 19.3 Å². The molecule has 1 rings (SSSR count). The monoisotopic (exact) mass is 230 g/mol. The smallest absolute Gasteiger partial charge is 0.248 e. The van der Waals surface area contributed by atoms with E-state index in [1.54, 1.807) is 7.11 Å². The second-order valence-corrected chi connectivity index (χ2v) is 4.09. The Labute approximate surface area is 97.1 Å². The quantitative estimate of drug-likeness (QED) is 0.645. The van der Waals surface area contributed by atoms with Crippen LogP contribution >= 0.6 is 0 Å². The summed E-state index contributed by atoms with van der Waals surface area (Å²) in [7, 11) is 1.66. The van der Waals surface area contributed by atoms with E-state index in [9.17, 15) is 4.79 Å². The lowest BCUT2D eigenvalue weighted by Crippen LogP contribution is -2.52. The van der Waals surface area contributed by atoms with Crippen LogP contribution in [0.25, 0.3) is 0 Å². The summed E-state index contributed by atoms with van der Waals surface area (Å²) < 4.78 is 10.2. The Kier molecular flexibility index (Phi) is 6.37. The number of hydrogen-bond donors (Lipinski definition) is 1. The molecule has 1 fully saturated rings. The van der Waals surface area contributed by atoms with Gasteiger partial charge < -0.3 is 19.7 Å². The summed E-state index contributed by atoms with van der Waals surface area (Å²) in [5.41, 5.74) is 0. The SMILES string of the molecule is COCCCOCC(=O)N1CCN[C@H](C)C1. The van der Waals surface area contributed by atoms with Crippen LogP contribution in [0.1, 0.15) is 13.3 Å². The van der Waals surface area contributed by atoms with Crippen molar-refractivity contribution in [3.05, 3.63) is 0 Å². The molecule has 0 saturated carbocycles. The predicted molar refractivity (Wildman–Crippen MR) is 61.4 cm³/mol. The normalized spacial score (nSPS) is 21.1. The predicted octanol–water partition coefficient (Wildman–Crippen LogP) is -0.140. The first-order chi connectivity index (χ1) is 7.74. The Balaban J connectivity index is 2.09. The molecule has 1 atom stereocenters. The lowest BCUT2D eigenvalue weighted by Gasteiger charge is -2.31. The second-order valence-electron chi connectivity index (χ2n) is 4.09. The summed E-state index contributed by atoms with van der Waals surface area (Å²) in [6.45, 7) is 5.97. The number of piperazine rings is 1. The van der Waals surface area contributed by atoms with Crippen molar-refractivity contribution in [3.8, 4) is 0 Å². The van der Waals surface area contributed by atoms with E-state index in [2.05, 4.69) is 12.2 Å². The summed E-state index contributed by atoms with van der Waals surface area (Å²) in [4.78, 5) is 13.6. The highest BCUT2D eigenvalue weighted by molar-refractivity contribution is 5.77. The third-order valence-corrected chi connectivity index (χ3v) is 2.58. The molecule has 1 amide bonds. The summed E-state index contributed by atoms with van der Waals surface area (Å²) in [6, 6.07) is 0.381. The molecule has 0 aromatic heterocycles. The molecule has 0 spiro atoms. The minimum atomic E-state index is 0.0887. The van der Waals surface area contributed by atoms with E-state index in [0.717, 1.165) is 26.1 Å². The van der Waals surface area contributed by atoms with Gasteiger partial charge in [0.1, 0.15) is 6.61 Å². The number of carbonyl (C=O) groups is 1. The van der Waals surface area contributed by atoms with Gasteiger partial charge in [0.15, 0.2) is 0 Å². The lowest BCUT2D eigenvalue weighted by atomic mass is 10.2. The number of methoxy groups -OCH3 is 1. The minimum absolute atomic E-state index is 0.0887. The van der Waals surface area contributed by atoms with Crippen LogP contribution in [0, 0.1) is 0 Å². The first-order valence-corrected chi connectivity index (χ1v) is 5.82. The largest absolute Gasteiger partial charge is 0.385 e. The highest BCUT2D eigenvalue weighted by Gasteiger charge is 2.19. The number of nitrogens with zero attached hydrogens (tertiary/aromatic N) is 1. The van der Waals surface area contributed by atoms with E-state index < -0.39 is 0 Å². The fourth-order valence-electron chi connectivity index (χ4n) is 1.71. The zero-order valence-corrected chi connectivity index (χ0v) is 10.2. The zero-order valence-electron chi connectivity index (χ0n) is 10.2.